The second-order valence-corrected chi connectivity index (χ2v) is 7.59. The van der Waals surface area contributed by atoms with Crippen molar-refractivity contribution in [2.75, 3.05) is 17.1 Å². The highest BCUT2D eigenvalue weighted by molar-refractivity contribution is 7.92. The third-order valence-corrected chi connectivity index (χ3v) is 5.30. The molecule has 3 rings (SSSR count). The molecule has 0 radical (unpaired) electrons. The number of halogens is 2. The van der Waals surface area contributed by atoms with Gasteiger partial charge in [0.05, 0.1) is 23.4 Å². The maximum atomic E-state index is 13.7. The van der Waals surface area contributed by atoms with Gasteiger partial charge in [0.25, 0.3) is 15.9 Å². The molecule has 2 N–H and O–H groups in total. The third kappa shape index (κ3) is 4.69. The summed E-state index contributed by atoms with van der Waals surface area (Å²) in [6.07, 6.45) is 0. The molecule has 0 spiro atoms. The first-order chi connectivity index (χ1) is 13.8. The molecule has 6 nitrogen and oxygen atoms in total. The van der Waals surface area contributed by atoms with Crippen molar-refractivity contribution in [2.45, 2.75) is 4.90 Å². The lowest BCUT2D eigenvalue weighted by molar-refractivity contribution is 0.102. The van der Waals surface area contributed by atoms with Gasteiger partial charge in [-0.2, -0.15) is 0 Å². The number of carbonyl (C=O) groups is 1. The van der Waals surface area contributed by atoms with Crippen LogP contribution in [0.3, 0.4) is 0 Å². The van der Waals surface area contributed by atoms with Crippen molar-refractivity contribution in [1.29, 1.82) is 0 Å². The molecule has 0 saturated carbocycles. The number of hydrogen-bond acceptors (Lipinski definition) is 4. The Morgan fingerprint density at radius 2 is 1.69 bits per heavy atom. The summed E-state index contributed by atoms with van der Waals surface area (Å²) in [5.74, 6) is -2.14. The Morgan fingerprint density at radius 3 is 2.41 bits per heavy atom. The molecule has 29 heavy (non-hydrogen) atoms. The van der Waals surface area contributed by atoms with Crippen LogP contribution in [0.4, 0.5) is 20.2 Å². The monoisotopic (exact) mass is 418 g/mol. The van der Waals surface area contributed by atoms with E-state index in [2.05, 4.69) is 10.0 Å². The summed E-state index contributed by atoms with van der Waals surface area (Å²) in [5, 5.41) is 2.28. The Bertz CT molecular complexity index is 1170. The van der Waals surface area contributed by atoms with E-state index in [0.29, 0.717) is 11.8 Å². The van der Waals surface area contributed by atoms with Crippen molar-refractivity contribution in [2.24, 2.45) is 0 Å². The molecule has 0 bridgehead atoms. The molecule has 0 heterocycles. The summed E-state index contributed by atoms with van der Waals surface area (Å²) in [4.78, 5) is 12.2. The van der Waals surface area contributed by atoms with Crippen LogP contribution in [-0.4, -0.2) is 21.4 Å². The summed E-state index contributed by atoms with van der Waals surface area (Å²) in [5.41, 5.74) is -0.00771. The fourth-order valence-corrected chi connectivity index (χ4v) is 3.64. The number of amides is 1. The van der Waals surface area contributed by atoms with E-state index in [0.717, 1.165) is 18.2 Å². The summed E-state index contributed by atoms with van der Waals surface area (Å²) < 4.78 is 59.6. The van der Waals surface area contributed by atoms with Crippen LogP contribution in [-0.2, 0) is 10.0 Å². The number of ether oxygens (including phenoxy) is 1. The van der Waals surface area contributed by atoms with Crippen molar-refractivity contribution in [3.05, 3.63) is 83.9 Å². The molecule has 0 aromatic heterocycles. The maximum absolute atomic E-state index is 13.7. The van der Waals surface area contributed by atoms with Crippen LogP contribution in [0.1, 0.15) is 10.4 Å². The number of anilines is 2. The van der Waals surface area contributed by atoms with Gasteiger partial charge in [-0.05, 0) is 42.5 Å². The van der Waals surface area contributed by atoms with E-state index < -0.39 is 27.6 Å². The molecular formula is C20H16F2N2O4S. The minimum Gasteiger partial charge on any atom is -0.495 e. The van der Waals surface area contributed by atoms with Crippen LogP contribution in [0, 0.1) is 11.6 Å². The van der Waals surface area contributed by atoms with Gasteiger partial charge in [-0.15, -0.1) is 0 Å². The number of para-hydroxylation sites is 2. The first-order valence-electron chi connectivity index (χ1n) is 8.32. The second-order valence-electron chi connectivity index (χ2n) is 5.91. The van der Waals surface area contributed by atoms with Gasteiger partial charge in [-0.3, -0.25) is 9.52 Å². The molecule has 0 aliphatic heterocycles. The highest BCUT2D eigenvalue weighted by Gasteiger charge is 2.19. The average Bonchev–Trinajstić information content (AvgIpc) is 2.70. The minimum absolute atomic E-state index is 0.0170. The van der Waals surface area contributed by atoms with Gasteiger partial charge < -0.3 is 10.1 Å². The predicted octanol–water partition coefficient (Wildman–Crippen LogP) is 4.03. The molecule has 150 valence electrons. The van der Waals surface area contributed by atoms with Crippen molar-refractivity contribution in [3.8, 4) is 5.75 Å². The van der Waals surface area contributed by atoms with E-state index in [4.69, 9.17) is 4.74 Å². The number of nitrogens with one attached hydrogen (secondary N) is 2. The number of benzene rings is 3. The summed E-state index contributed by atoms with van der Waals surface area (Å²) in [7, 11) is -2.61. The SMILES string of the molecule is COc1ccccc1NS(=O)(=O)c1cccc(C(=O)Nc2ccc(F)cc2F)c1. The van der Waals surface area contributed by atoms with Crippen LogP contribution in [0.25, 0.3) is 0 Å². The smallest absolute Gasteiger partial charge is 0.262 e. The highest BCUT2D eigenvalue weighted by Crippen LogP contribution is 2.26. The predicted molar refractivity (Wildman–Crippen MR) is 105 cm³/mol. The second kappa shape index (κ2) is 8.27. The maximum Gasteiger partial charge on any atom is 0.262 e. The minimum atomic E-state index is -4.02. The number of rotatable bonds is 6. The molecule has 0 aliphatic carbocycles. The average molecular weight is 418 g/mol. The Kier molecular flexibility index (Phi) is 5.79. The zero-order valence-corrected chi connectivity index (χ0v) is 16.0. The van der Waals surface area contributed by atoms with Crippen molar-refractivity contribution in [3.63, 3.8) is 0 Å². The van der Waals surface area contributed by atoms with Gasteiger partial charge in [0, 0.05) is 11.6 Å². The number of carbonyl (C=O) groups excluding carboxylic acids is 1. The van der Waals surface area contributed by atoms with Gasteiger partial charge in [0.1, 0.15) is 17.4 Å². The fourth-order valence-electron chi connectivity index (χ4n) is 2.52. The van der Waals surface area contributed by atoms with Crippen LogP contribution in [0.5, 0.6) is 5.75 Å². The topological polar surface area (TPSA) is 84.5 Å². The van der Waals surface area contributed by atoms with Gasteiger partial charge in [0.2, 0.25) is 0 Å². The molecule has 3 aromatic carbocycles. The lowest BCUT2D eigenvalue weighted by Crippen LogP contribution is -2.16. The third-order valence-electron chi connectivity index (χ3n) is 3.94. The van der Waals surface area contributed by atoms with Gasteiger partial charge >= 0.3 is 0 Å². The van der Waals surface area contributed by atoms with E-state index in [-0.39, 0.29) is 21.8 Å². The normalized spacial score (nSPS) is 11.0. The van der Waals surface area contributed by atoms with Crippen LogP contribution < -0.4 is 14.8 Å². The molecule has 3 aromatic rings. The largest absolute Gasteiger partial charge is 0.495 e. The first kappa shape index (κ1) is 20.3. The van der Waals surface area contributed by atoms with E-state index in [1.165, 1.54) is 31.4 Å². The van der Waals surface area contributed by atoms with E-state index in [1.54, 1.807) is 18.2 Å². The molecule has 0 aliphatic rings. The van der Waals surface area contributed by atoms with Crippen molar-refractivity contribution in [1.82, 2.24) is 0 Å². The fraction of sp³-hybridized carbons (Fsp3) is 0.0500. The number of methoxy groups -OCH3 is 1. The van der Waals surface area contributed by atoms with Gasteiger partial charge in [0.15, 0.2) is 0 Å². The van der Waals surface area contributed by atoms with Gasteiger partial charge in [-0.1, -0.05) is 18.2 Å². The Morgan fingerprint density at radius 1 is 0.931 bits per heavy atom. The number of sulfonamides is 1. The molecular weight excluding hydrogens is 402 g/mol. The Hall–Kier alpha value is -3.46. The van der Waals surface area contributed by atoms with Crippen LogP contribution in [0.2, 0.25) is 0 Å². The molecule has 0 atom stereocenters. The lowest BCUT2D eigenvalue weighted by Gasteiger charge is -2.12. The van der Waals surface area contributed by atoms with Crippen molar-refractivity contribution < 1.29 is 26.7 Å². The standard InChI is InChI=1S/C20H16F2N2O4S/c1-28-19-8-3-2-7-18(19)24-29(26,27)15-6-4-5-13(11-15)20(25)23-17-10-9-14(21)12-16(17)22/h2-12,24H,1H3,(H,23,25). The van der Waals surface area contributed by atoms with E-state index in [9.17, 15) is 22.0 Å². The summed E-state index contributed by atoms with van der Waals surface area (Å²) in [6, 6.07) is 14.4. The van der Waals surface area contributed by atoms with Gasteiger partial charge in [-0.25, -0.2) is 17.2 Å². The quantitative estimate of drug-likeness (QED) is 0.633. The molecule has 0 saturated heterocycles. The van der Waals surface area contributed by atoms with Crippen molar-refractivity contribution >= 4 is 27.3 Å². The molecule has 1 amide bonds. The lowest BCUT2D eigenvalue weighted by atomic mass is 10.2. The summed E-state index contributed by atoms with van der Waals surface area (Å²) >= 11 is 0. The zero-order chi connectivity index (χ0) is 21.0. The Labute approximate surface area is 166 Å². The van der Waals surface area contributed by atoms with E-state index >= 15 is 0 Å². The Balaban J connectivity index is 1.85. The number of hydrogen-bond donors (Lipinski definition) is 2. The highest BCUT2D eigenvalue weighted by atomic mass is 32.2. The molecule has 0 fully saturated rings. The van der Waals surface area contributed by atoms with E-state index in [1.807, 2.05) is 0 Å². The summed E-state index contributed by atoms with van der Waals surface area (Å²) in [6.45, 7) is 0. The first-order valence-corrected chi connectivity index (χ1v) is 9.81. The van der Waals surface area contributed by atoms with Crippen LogP contribution >= 0.6 is 0 Å². The van der Waals surface area contributed by atoms with Crippen LogP contribution in [0.15, 0.2) is 71.6 Å². The zero-order valence-electron chi connectivity index (χ0n) is 15.1. The molecule has 0 unspecified atom stereocenters. The molecule has 9 heteroatoms.